The molecule has 1 aromatic heterocycles. The summed E-state index contributed by atoms with van der Waals surface area (Å²) >= 11 is 4.97. The number of carbonyl (C=O) groups is 2. The van der Waals surface area contributed by atoms with Crippen LogP contribution in [0.4, 0.5) is 4.79 Å². The monoisotopic (exact) mass is 362 g/mol. The van der Waals surface area contributed by atoms with Crippen molar-refractivity contribution in [2.45, 2.75) is 0 Å². The number of ether oxygens (including phenoxy) is 2. The summed E-state index contributed by atoms with van der Waals surface area (Å²) in [5, 5.41) is 5.69. The topological polar surface area (TPSA) is 115 Å². The van der Waals surface area contributed by atoms with Gasteiger partial charge in [0, 0.05) is 6.07 Å². The molecule has 0 aliphatic carbocycles. The van der Waals surface area contributed by atoms with Crippen molar-refractivity contribution in [3.05, 3.63) is 46.9 Å². The summed E-state index contributed by atoms with van der Waals surface area (Å²) in [4.78, 5) is 34.9. The quantitative estimate of drug-likeness (QED) is 0.476. The van der Waals surface area contributed by atoms with E-state index in [0.717, 1.165) is 7.11 Å². The lowest BCUT2D eigenvalue weighted by molar-refractivity contribution is -0.114. The highest BCUT2D eigenvalue weighted by atomic mass is 32.1. The van der Waals surface area contributed by atoms with Gasteiger partial charge in [-0.15, -0.1) is 0 Å². The lowest BCUT2D eigenvalue weighted by Crippen LogP contribution is -2.36. The molecule has 2 N–H and O–H groups in total. The molecule has 1 heterocycles. The summed E-state index contributed by atoms with van der Waals surface area (Å²) in [7, 11) is 2.41. The second-order valence-corrected chi connectivity index (χ2v) is 4.83. The first-order valence-corrected chi connectivity index (χ1v) is 7.28. The van der Waals surface area contributed by atoms with Crippen molar-refractivity contribution in [1.29, 1.82) is 0 Å². The molecule has 2 aromatic rings. The Morgan fingerprint density at radius 1 is 1.28 bits per heavy atom. The van der Waals surface area contributed by atoms with Gasteiger partial charge in [0.1, 0.15) is 17.5 Å². The summed E-state index contributed by atoms with van der Waals surface area (Å²) in [5.74, 6) is -0.208. The number of H-pyrrole nitrogens is 1. The number of alkyl carbamates (subject to hydrolysis) is 1. The third-order valence-corrected chi connectivity index (χ3v) is 3.04. The Balaban J connectivity index is 2.39. The Hall–Kier alpha value is -3.27. The first-order valence-electron chi connectivity index (χ1n) is 6.87. The molecule has 0 aliphatic heterocycles. The molecule has 0 radical (unpaired) electrons. The van der Waals surface area contributed by atoms with Crippen molar-refractivity contribution in [3.63, 3.8) is 0 Å². The molecule has 0 bridgehead atoms. The lowest BCUT2D eigenvalue weighted by Gasteiger charge is -2.12. The molecule has 2 rings (SSSR count). The van der Waals surface area contributed by atoms with Gasteiger partial charge in [-0.2, -0.15) is 0 Å². The lowest BCUT2D eigenvalue weighted by atomic mass is 10.1. The molecular weight excluding hydrogens is 348 g/mol. The summed E-state index contributed by atoms with van der Waals surface area (Å²) in [5.41, 5.74) is 0.123. The second-order valence-electron chi connectivity index (χ2n) is 4.42. The van der Waals surface area contributed by atoms with Crippen molar-refractivity contribution in [3.8, 4) is 11.6 Å². The van der Waals surface area contributed by atoms with E-state index in [1.807, 2.05) is 5.32 Å². The molecule has 9 nitrogen and oxygen atoms in total. The maximum Gasteiger partial charge on any atom is 0.413 e. The van der Waals surface area contributed by atoms with Crippen molar-refractivity contribution >= 4 is 29.9 Å². The van der Waals surface area contributed by atoms with Gasteiger partial charge in [0.25, 0.3) is 5.91 Å². The number of methoxy groups -OCH3 is 1. The van der Waals surface area contributed by atoms with E-state index in [1.165, 1.54) is 19.5 Å². The summed E-state index contributed by atoms with van der Waals surface area (Å²) in [6, 6.07) is 8.09. The number of nitrogens with one attached hydrogen (secondary N) is 2. The maximum atomic E-state index is 12.2. The van der Waals surface area contributed by atoms with Crippen molar-refractivity contribution in [1.82, 2.24) is 15.3 Å². The molecule has 0 saturated heterocycles. The van der Waals surface area contributed by atoms with E-state index in [2.05, 4.69) is 19.9 Å². The standard InChI is InChI=1S/C15H14N4O5S/c1-22-15(21)18-14(20)13(19-23-2)9-5-3-4-6-10(9)24-11-7-12(25)17-8-16-11/h3-8H,1-2H3,(H,16,17,25)(H,18,20,21)/b19-13+. The number of carbonyl (C=O) groups excluding carboxylic acids is 2. The fourth-order valence-corrected chi connectivity index (χ4v) is 1.95. The summed E-state index contributed by atoms with van der Waals surface area (Å²) < 4.78 is 10.4. The highest BCUT2D eigenvalue weighted by molar-refractivity contribution is 7.71. The van der Waals surface area contributed by atoms with Crippen LogP contribution in [0.25, 0.3) is 0 Å². The van der Waals surface area contributed by atoms with Crippen LogP contribution in [0.3, 0.4) is 0 Å². The van der Waals surface area contributed by atoms with E-state index in [-0.39, 0.29) is 11.5 Å². The van der Waals surface area contributed by atoms with Crippen LogP contribution >= 0.6 is 12.2 Å². The molecule has 0 spiro atoms. The van der Waals surface area contributed by atoms with E-state index in [0.29, 0.717) is 16.1 Å². The number of benzene rings is 1. The molecule has 10 heteroatoms. The van der Waals surface area contributed by atoms with E-state index < -0.39 is 12.0 Å². The Kier molecular flexibility index (Phi) is 6.18. The molecule has 0 atom stereocenters. The van der Waals surface area contributed by atoms with Gasteiger partial charge in [-0.25, -0.2) is 9.78 Å². The molecule has 0 unspecified atom stereocenters. The zero-order chi connectivity index (χ0) is 18.2. The van der Waals surface area contributed by atoms with Gasteiger partial charge >= 0.3 is 6.09 Å². The van der Waals surface area contributed by atoms with E-state index >= 15 is 0 Å². The summed E-state index contributed by atoms with van der Waals surface area (Å²) in [6.07, 6.45) is 0.458. The number of hydrogen-bond donors (Lipinski definition) is 2. The van der Waals surface area contributed by atoms with Crippen LogP contribution in [-0.4, -0.2) is 41.9 Å². The van der Waals surface area contributed by atoms with E-state index in [1.54, 1.807) is 24.3 Å². The number of oxime groups is 1. The van der Waals surface area contributed by atoms with Gasteiger partial charge in [0.05, 0.1) is 19.0 Å². The molecular formula is C15H14N4O5S. The zero-order valence-electron chi connectivity index (χ0n) is 13.3. The molecule has 130 valence electrons. The van der Waals surface area contributed by atoms with Gasteiger partial charge in [-0.1, -0.05) is 29.5 Å². The van der Waals surface area contributed by atoms with Crippen LogP contribution in [0.2, 0.25) is 0 Å². The Morgan fingerprint density at radius 3 is 2.72 bits per heavy atom. The van der Waals surface area contributed by atoms with Crippen LogP contribution in [0.1, 0.15) is 5.56 Å². The number of hydrogen-bond acceptors (Lipinski definition) is 8. The SMILES string of the molecule is CO/N=C(/C(=O)NC(=O)OC)c1ccccc1Oc1cc(=S)nc[nH]1. The number of rotatable bonds is 5. The van der Waals surface area contributed by atoms with E-state index in [9.17, 15) is 9.59 Å². The fraction of sp³-hybridized carbons (Fsp3) is 0.133. The van der Waals surface area contributed by atoms with E-state index in [4.69, 9.17) is 21.8 Å². The molecule has 0 aliphatic rings. The number of amides is 2. The smallest absolute Gasteiger partial charge is 0.413 e. The molecule has 0 saturated carbocycles. The number of nitrogens with zero attached hydrogens (tertiary/aromatic N) is 2. The van der Waals surface area contributed by atoms with Crippen LogP contribution in [0, 0.1) is 4.64 Å². The van der Waals surface area contributed by atoms with Crippen molar-refractivity contribution in [2.24, 2.45) is 5.16 Å². The number of imide groups is 1. The normalized spacial score (nSPS) is 10.7. The minimum atomic E-state index is -0.926. The predicted molar refractivity (Wildman–Crippen MR) is 90.0 cm³/mol. The van der Waals surface area contributed by atoms with Gasteiger partial charge in [-0.3, -0.25) is 10.1 Å². The average molecular weight is 362 g/mol. The van der Waals surface area contributed by atoms with Gasteiger partial charge in [0.15, 0.2) is 5.71 Å². The second kappa shape index (κ2) is 8.55. The zero-order valence-corrected chi connectivity index (χ0v) is 14.1. The largest absolute Gasteiger partial charge is 0.453 e. The Morgan fingerprint density at radius 2 is 2.04 bits per heavy atom. The molecule has 0 fully saturated rings. The molecule has 25 heavy (non-hydrogen) atoms. The minimum Gasteiger partial charge on any atom is -0.453 e. The van der Waals surface area contributed by atoms with Crippen molar-refractivity contribution in [2.75, 3.05) is 14.2 Å². The van der Waals surface area contributed by atoms with Gasteiger partial charge in [0.2, 0.25) is 5.88 Å². The number of aromatic amines is 1. The van der Waals surface area contributed by atoms with Crippen LogP contribution in [0.5, 0.6) is 11.6 Å². The van der Waals surface area contributed by atoms with Crippen LogP contribution in [-0.2, 0) is 14.4 Å². The first-order chi connectivity index (χ1) is 12.0. The third-order valence-electron chi connectivity index (χ3n) is 2.81. The highest BCUT2D eigenvalue weighted by Gasteiger charge is 2.22. The summed E-state index contributed by atoms with van der Waals surface area (Å²) in [6.45, 7) is 0. The molecule has 1 aromatic carbocycles. The average Bonchev–Trinajstić information content (AvgIpc) is 2.60. The minimum absolute atomic E-state index is 0.170. The maximum absolute atomic E-state index is 12.2. The predicted octanol–water partition coefficient (Wildman–Crippen LogP) is 2.16. The van der Waals surface area contributed by atoms with Crippen LogP contribution in [0.15, 0.2) is 41.8 Å². The third kappa shape index (κ3) is 4.85. The number of para-hydroxylation sites is 1. The number of aromatic nitrogens is 2. The molecule has 2 amide bonds. The fourth-order valence-electron chi connectivity index (χ4n) is 1.79. The Labute approximate surface area is 147 Å². The first kappa shape index (κ1) is 18.1. The van der Waals surface area contributed by atoms with Crippen molar-refractivity contribution < 1.29 is 23.9 Å². The highest BCUT2D eigenvalue weighted by Crippen LogP contribution is 2.24. The van der Waals surface area contributed by atoms with Gasteiger partial charge < -0.3 is 19.3 Å². The van der Waals surface area contributed by atoms with Gasteiger partial charge in [-0.05, 0) is 12.1 Å². The van der Waals surface area contributed by atoms with Crippen LogP contribution < -0.4 is 10.1 Å². The Bertz CT molecular complexity index is 865.